The monoisotopic (exact) mass is 369 g/mol. The lowest BCUT2D eigenvalue weighted by atomic mass is 10.00. The Balaban J connectivity index is 2.03. The number of carboxylic acids is 1. The van der Waals surface area contributed by atoms with Gasteiger partial charge in [0.1, 0.15) is 17.7 Å². The largest absolute Gasteiger partial charge is 0.476 e. The second-order valence-corrected chi connectivity index (χ2v) is 6.39. The minimum atomic E-state index is -1.12. The first-order valence-electron chi connectivity index (χ1n) is 7.91. The molecule has 0 saturated heterocycles. The molecule has 0 amide bonds. The van der Waals surface area contributed by atoms with E-state index in [9.17, 15) is 14.3 Å². The van der Waals surface area contributed by atoms with Gasteiger partial charge in [-0.25, -0.2) is 14.2 Å². The second-order valence-electron chi connectivity index (χ2n) is 5.95. The van der Waals surface area contributed by atoms with Crippen LogP contribution in [-0.2, 0) is 0 Å². The van der Waals surface area contributed by atoms with Crippen molar-refractivity contribution in [2.45, 2.75) is 13.0 Å². The Morgan fingerprint density at radius 3 is 2.73 bits per heavy atom. The molecule has 2 aromatic carbocycles. The highest BCUT2D eigenvalue weighted by molar-refractivity contribution is 6.31. The molecule has 4 rings (SSSR count). The van der Waals surface area contributed by atoms with Crippen LogP contribution in [0.3, 0.4) is 0 Å². The van der Waals surface area contributed by atoms with Crippen LogP contribution in [0, 0.1) is 5.82 Å². The Kier molecular flexibility index (Phi) is 3.85. The lowest BCUT2D eigenvalue weighted by Gasteiger charge is -2.12. The molecule has 1 aliphatic heterocycles. The van der Waals surface area contributed by atoms with Crippen LogP contribution in [0.25, 0.3) is 5.69 Å². The summed E-state index contributed by atoms with van der Waals surface area (Å²) in [5.41, 5.74) is 2.00. The molecule has 5 nitrogen and oxygen atoms in total. The summed E-state index contributed by atoms with van der Waals surface area (Å²) >= 11 is 6.17. The van der Waals surface area contributed by atoms with Gasteiger partial charge < -0.3 is 9.67 Å². The molecule has 1 aromatic heterocycles. The van der Waals surface area contributed by atoms with Crippen LogP contribution in [0.5, 0.6) is 0 Å². The van der Waals surface area contributed by atoms with E-state index in [1.54, 1.807) is 47.9 Å². The van der Waals surface area contributed by atoms with Crippen LogP contribution in [0.1, 0.15) is 40.4 Å². The summed E-state index contributed by atoms with van der Waals surface area (Å²) in [6.45, 7) is 1.79. The summed E-state index contributed by atoms with van der Waals surface area (Å²) in [7, 11) is 0. The van der Waals surface area contributed by atoms with Crippen molar-refractivity contribution < 1.29 is 14.3 Å². The van der Waals surface area contributed by atoms with Gasteiger partial charge in [0.2, 0.25) is 0 Å². The summed E-state index contributed by atoms with van der Waals surface area (Å²) in [4.78, 5) is 20.2. The number of nitrogens with zero attached hydrogens (tertiary/aromatic N) is 3. The quantitative estimate of drug-likeness (QED) is 0.733. The summed E-state index contributed by atoms with van der Waals surface area (Å²) in [5.74, 6) is -1.04. The van der Waals surface area contributed by atoms with Crippen LogP contribution in [0.15, 0.2) is 53.7 Å². The molecule has 0 fully saturated rings. The van der Waals surface area contributed by atoms with E-state index in [1.165, 1.54) is 12.3 Å². The van der Waals surface area contributed by atoms with Crippen molar-refractivity contribution in [3.63, 3.8) is 0 Å². The minimum Gasteiger partial charge on any atom is -0.476 e. The number of carbonyl (C=O) groups is 1. The zero-order chi connectivity index (χ0) is 18.4. The van der Waals surface area contributed by atoms with E-state index in [0.717, 1.165) is 0 Å². The molecular weight excluding hydrogens is 357 g/mol. The first-order chi connectivity index (χ1) is 12.5. The number of aliphatic imine (C=N–C) groups is 1. The highest BCUT2D eigenvalue weighted by Gasteiger charge is 2.27. The van der Waals surface area contributed by atoms with Gasteiger partial charge in [-0.2, -0.15) is 0 Å². The van der Waals surface area contributed by atoms with Crippen LogP contribution in [0.2, 0.25) is 5.02 Å². The number of halogens is 2. The van der Waals surface area contributed by atoms with Crippen molar-refractivity contribution in [1.29, 1.82) is 0 Å². The zero-order valence-corrected chi connectivity index (χ0v) is 14.4. The van der Waals surface area contributed by atoms with Crippen LogP contribution >= 0.6 is 11.6 Å². The smallest absolute Gasteiger partial charge is 0.356 e. The van der Waals surface area contributed by atoms with Gasteiger partial charge in [0.05, 0.1) is 11.4 Å². The molecule has 0 aliphatic carbocycles. The number of benzene rings is 2. The Morgan fingerprint density at radius 1 is 1.23 bits per heavy atom. The molecule has 26 heavy (non-hydrogen) atoms. The van der Waals surface area contributed by atoms with E-state index >= 15 is 0 Å². The predicted molar refractivity (Wildman–Crippen MR) is 96.0 cm³/mol. The molecule has 3 aromatic rings. The Hall–Kier alpha value is -2.99. The Morgan fingerprint density at radius 2 is 2.00 bits per heavy atom. The van der Waals surface area contributed by atoms with E-state index < -0.39 is 17.8 Å². The topological polar surface area (TPSA) is 67.5 Å². The molecule has 0 bridgehead atoms. The zero-order valence-electron chi connectivity index (χ0n) is 13.6. The maximum Gasteiger partial charge on any atom is 0.356 e. The summed E-state index contributed by atoms with van der Waals surface area (Å²) < 4.78 is 16.1. The first-order valence-corrected chi connectivity index (χ1v) is 8.29. The Labute approximate surface area is 153 Å². The van der Waals surface area contributed by atoms with Crippen molar-refractivity contribution >= 4 is 23.3 Å². The highest BCUT2D eigenvalue weighted by atomic mass is 35.5. The Bertz CT molecular complexity index is 1070. The van der Waals surface area contributed by atoms with Crippen LogP contribution < -0.4 is 0 Å². The van der Waals surface area contributed by atoms with E-state index in [2.05, 4.69) is 9.98 Å². The molecule has 1 aliphatic rings. The molecule has 7 heteroatoms. The first kappa shape index (κ1) is 16.5. The molecule has 0 saturated carbocycles. The highest BCUT2D eigenvalue weighted by Crippen LogP contribution is 2.32. The normalized spacial score (nSPS) is 15.7. The maximum atomic E-state index is 14.4. The number of imidazole rings is 1. The lowest BCUT2D eigenvalue weighted by molar-refractivity contribution is 0.0691. The standard InChI is InChI=1S/C19H13ClFN3O2/c1-10-18-23-15(19(25)26)9-24(18)16-7-6-11(20)8-13(16)17(22-10)12-4-2-3-5-14(12)21/h2-10H,1H3,(H,25,26)/t10-/m1/s1. The van der Waals surface area contributed by atoms with E-state index in [0.29, 0.717) is 33.4 Å². The van der Waals surface area contributed by atoms with Crippen molar-refractivity contribution in [2.24, 2.45) is 4.99 Å². The number of carboxylic acid groups (broad SMARTS) is 1. The summed E-state index contributed by atoms with van der Waals surface area (Å²) in [6.07, 6.45) is 1.45. The number of fused-ring (bicyclic) bond motifs is 3. The fraction of sp³-hybridized carbons (Fsp3) is 0.105. The van der Waals surface area contributed by atoms with Crippen LogP contribution in [0.4, 0.5) is 4.39 Å². The van der Waals surface area contributed by atoms with Crippen molar-refractivity contribution in [2.75, 3.05) is 0 Å². The average Bonchev–Trinajstić information content (AvgIpc) is 3.02. The van der Waals surface area contributed by atoms with E-state index in [4.69, 9.17) is 11.6 Å². The number of hydrogen-bond donors (Lipinski definition) is 1. The van der Waals surface area contributed by atoms with Crippen molar-refractivity contribution in [3.8, 4) is 5.69 Å². The third-order valence-corrected chi connectivity index (χ3v) is 4.49. The maximum absolute atomic E-state index is 14.4. The third-order valence-electron chi connectivity index (χ3n) is 4.25. The molecule has 130 valence electrons. The molecule has 0 spiro atoms. The predicted octanol–water partition coefficient (Wildman–Crippen LogP) is 4.28. The molecular formula is C19H13ClFN3O2. The van der Waals surface area contributed by atoms with Gasteiger partial charge in [-0.15, -0.1) is 0 Å². The van der Waals surface area contributed by atoms with Gasteiger partial charge in [0.15, 0.2) is 5.69 Å². The SMILES string of the molecule is C[C@H]1N=C(c2ccccc2F)c2cc(Cl)ccc2-n2cc(C(=O)O)nc21. The van der Waals surface area contributed by atoms with Gasteiger partial charge >= 0.3 is 5.97 Å². The van der Waals surface area contributed by atoms with Gasteiger partial charge in [-0.3, -0.25) is 4.99 Å². The molecule has 2 heterocycles. The van der Waals surface area contributed by atoms with Gasteiger partial charge in [-0.1, -0.05) is 23.7 Å². The van der Waals surface area contributed by atoms with E-state index in [1.807, 2.05) is 0 Å². The van der Waals surface area contributed by atoms with Gasteiger partial charge in [0.25, 0.3) is 0 Å². The number of rotatable bonds is 2. The van der Waals surface area contributed by atoms with Gasteiger partial charge in [-0.05, 0) is 37.3 Å². The lowest BCUT2D eigenvalue weighted by Crippen LogP contribution is -2.09. The average molecular weight is 370 g/mol. The van der Waals surface area contributed by atoms with Crippen molar-refractivity contribution in [1.82, 2.24) is 9.55 Å². The van der Waals surface area contributed by atoms with E-state index in [-0.39, 0.29) is 5.69 Å². The fourth-order valence-electron chi connectivity index (χ4n) is 3.08. The molecule has 1 N–H and O–H groups in total. The molecule has 1 atom stereocenters. The molecule has 0 unspecified atom stereocenters. The number of aromatic nitrogens is 2. The fourth-order valence-corrected chi connectivity index (χ4v) is 3.25. The number of aromatic carboxylic acids is 1. The molecule has 0 radical (unpaired) electrons. The number of hydrogen-bond acceptors (Lipinski definition) is 3. The minimum absolute atomic E-state index is 0.0720. The van der Waals surface area contributed by atoms with Crippen molar-refractivity contribution in [3.05, 3.63) is 82.1 Å². The van der Waals surface area contributed by atoms with Gasteiger partial charge in [0, 0.05) is 22.3 Å². The summed E-state index contributed by atoms with van der Waals surface area (Å²) in [6, 6.07) is 11.1. The summed E-state index contributed by atoms with van der Waals surface area (Å²) in [5, 5.41) is 9.74. The second kappa shape index (κ2) is 6.07. The van der Waals surface area contributed by atoms with Crippen LogP contribution in [-0.4, -0.2) is 26.3 Å². The third kappa shape index (κ3) is 2.59.